The molecule has 6 nitrogen and oxygen atoms in total. The number of halogens is 2. The van der Waals surface area contributed by atoms with E-state index >= 15 is 0 Å². The number of aryl methyl sites for hydroxylation is 1. The Morgan fingerprint density at radius 3 is 2.84 bits per heavy atom. The van der Waals surface area contributed by atoms with Crippen LogP contribution in [0.3, 0.4) is 0 Å². The van der Waals surface area contributed by atoms with Gasteiger partial charge < -0.3 is 19.9 Å². The van der Waals surface area contributed by atoms with Gasteiger partial charge in [-0.25, -0.2) is 0 Å². The number of hydrogen-bond donors (Lipinski definition) is 1. The van der Waals surface area contributed by atoms with Crippen LogP contribution in [-0.4, -0.2) is 50.0 Å². The third kappa shape index (κ3) is 4.92. The van der Waals surface area contributed by atoms with Gasteiger partial charge in [0.25, 0.3) is 11.8 Å². The van der Waals surface area contributed by atoms with Crippen LogP contribution in [0.1, 0.15) is 41.0 Å². The molecule has 38 heavy (non-hydrogen) atoms. The van der Waals surface area contributed by atoms with Gasteiger partial charge in [-0.1, -0.05) is 25.1 Å². The van der Waals surface area contributed by atoms with Crippen molar-refractivity contribution in [3.8, 4) is 11.1 Å². The van der Waals surface area contributed by atoms with E-state index in [0.717, 1.165) is 42.6 Å². The van der Waals surface area contributed by atoms with Gasteiger partial charge in [0.1, 0.15) is 5.69 Å². The van der Waals surface area contributed by atoms with Crippen LogP contribution in [-0.2, 0) is 17.1 Å². The Kier molecular flexibility index (Phi) is 6.77. The van der Waals surface area contributed by atoms with Crippen molar-refractivity contribution in [2.24, 2.45) is 10.4 Å². The number of alkyl halides is 2. The third-order valence-corrected chi connectivity index (χ3v) is 7.67. The molecule has 1 N–H and O–H groups in total. The molecule has 1 fully saturated rings. The number of ether oxygens (including phenoxy) is 1. The number of carbonyl (C=O) groups excluding carboxylic acids is 1. The second-order valence-electron chi connectivity index (χ2n) is 10.6. The molecule has 0 unspecified atom stereocenters. The highest BCUT2D eigenvalue weighted by molar-refractivity contribution is 6.04. The lowest BCUT2D eigenvalue weighted by molar-refractivity contribution is 0.0127. The first-order valence-corrected chi connectivity index (χ1v) is 12.8. The van der Waals surface area contributed by atoms with Crippen LogP contribution in [0.15, 0.2) is 59.7 Å². The molecule has 0 bridgehead atoms. The van der Waals surface area contributed by atoms with E-state index < -0.39 is 17.5 Å². The predicted molar refractivity (Wildman–Crippen MR) is 147 cm³/mol. The first-order chi connectivity index (χ1) is 18.1. The maximum atomic E-state index is 13.7. The zero-order valence-corrected chi connectivity index (χ0v) is 21.9. The molecule has 5 rings (SSSR count). The fourth-order valence-corrected chi connectivity index (χ4v) is 5.61. The fraction of sp³-hybridized carbons (Fsp3) is 0.367. The van der Waals surface area contributed by atoms with Gasteiger partial charge in [0.15, 0.2) is 0 Å². The second kappa shape index (κ2) is 9.91. The lowest BCUT2D eigenvalue weighted by Crippen LogP contribution is -2.58. The lowest BCUT2D eigenvalue weighted by Gasteiger charge is -2.51. The Morgan fingerprint density at radius 2 is 2.08 bits per heavy atom. The fourth-order valence-electron chi connectivity index (χ4n) is 5.61. The normalized spacial score (nSPS) is 20.9. The number of pyridine rings is 1. The lowest BCUT2D eigenvalue weighted by atomic mass is 9.72. The molecule has 2 aromatic carbocycles. The number of aromatic nitrogens is 1. The molecule has 0 saturated carbocycles. The number of amides is 1. The van der Waals surface area contributed by atoms with Crippen LogP contribution in [0.5, 0.6) is 0 Å². The van der Waals surface area contributed by atoms with Crippen LogP contribution in [0.4, 0.5) is 20.2 Å². The largest absolute Gasteiger partial charge is 0.377 e. The molecule has 0 radical (unpaired) electrons. The summed E-state index contributed by atoms with van der Waals surface area (Å²) in [4.78, 5) is 23.3. The molecule has 0 spiro atoms. The monoisotopic (exact) mass is 518 g/mol. The zero-order valence-electron chi connectivity index (χ0n) is 21.9. The number of benzene rings is 2. The van der Waals surface area contributed by atoms with Crippen molar-refractivity contribution in [3.05, 3.63) is 77.1 Å². The van der Waals surface area contributed by atoms with E-state index in [-0.39, 0.29) is 17.0 Å². The van der Waals surface area contributed by atoms with Crippen molar-refractivity contribution < 1.29 is 18.3 Å². The van der Waals surface area contributed by atoms with Crippen molar-refractivity contribution in [3.63, 3.8) is 0 Å². The molecule has 2 aliphatic heterocycles. The van der Waals surface area contributed by atoms with Gasteiger partial charge in [-0.05, 0) is 72.6 Å². The summed E-state index contributed by atoms with van der Waals surface area (Å²) in [7, 11) is 0. The number of carbonyl (C=O) groups is 1. The van der Waals surface area contributed by atoms with Gasteiger partial charge in [-0.3, -0.25) is 9.78 Å². The number of nitrogens with one attached hydrogen (secondary N) is 1. The van der Waals surface area contributed by atoms with Crippen LogP contribution in [0.25, 0.3) is 11.1 Å². The summed E-state index contributed by atoms with van der Waals surface area (Å²) in [5, 5.41) is 2.85. The molecule has 1 saturated heterocycles. The summed E-state index contributed by atoms with van der Waals surface area (Å²) in [6.45, 7) is 11.6. The maximum absolute atomic E-state index is 13.7. The highest BCUT2D eigenvalue weighted by Gasteiger charge is 2.44. The first kappa shape index (κ1) is 26.0. The van der Waals surface area contributed by atoms with Gasteiger partial charge in [0.05, 0.1) is 19.3 Å². The van der Waals surface area contributed by atoms with Gasteiger partial charge in [-0.15, -0.1) is 0 Å². The number of fused-ring (bicyclic) bond motifs is 3. The molecule has 2 aliphatic rings. The zero-order chi connectivity index (χ0) is 27.1. The molecule has 1 amide bonds. The number of morpholine rings is 1. The van der Waals surface area contributed by atoms with Crippen molar-refractivity contribution in [2.45, 2.75) is 39.2 Å². The van der Waals surface area contributed by atoms with Gasteiger partial charge >= 0.3 is 0 Å². The second-order valence-corrected chi connectivity index (χ2v) is 10.6. The summed E-state index contributed by atoms with van der Waals surface area (Å²) in [5.74, 6) is -3.59. The van der Waals surface area contributed by atoms with Crippen molar-refractivity contribution in [1.82, 2.24) is 4.98 Å². The number of rotatable bonds is 6. The van der Waals surface area contributed by atoms with Crippen LogP contribution < -0.4 is 10.2 Å². The highest BCUT2D eigenvalue weighted by Crippen LogP contribution is 2.44. The first-order valence-electron chi connectivity index (χ1n) is 12.8. The Balaban J connectivity index is 1.45. The smallest absolute Gasteiger partial charge is 0.286 e. The van der Waals surface area contributed by atoms with Gasteiger partial charge in [0.2, 0.25) is 0 Å². The minimum Gasteiger partial charge on any atom is -0.377 e. The van der Waals surface area contributed by atoms with E-state index in [4.69, 9.17) is 4.74 Å². The summed E-state index contributed by atoms with van der Waals surface area (Å²) in [6.07, 6.45) is 2.12. The van der Waals surface area contributed by atoms with E-state index in [1.54, 1.807) is 0 Å². The average Bonchev–Trinajstić information content (AvgIpc) is 2.89. The molecule has 0 aliphatic carbocycles. The van der Waals surface area contributed by atoms with E-state index in [2.05, 4.69) is 52.0 Å². The van der Waals surface area contributed by atoms with E-state index in [1.807, 2.05) is 25.1 Å². The summed E-state index contributed by atoms with van der Waals surface area (Å²) >= 11 is 0. The summed E-state index contributed by atoms with van der Waals surface area (Å²) < 4.78 is 33.3. The van der Waals surface area contributed by atoms with Gasteiger partial charge in [0, 0.05) is 48.6 Å². The molecule has 198 valence electrons. The van der Waals surface area contributed by atoms with E-state index in [9.17, 15) is 13.6 Å². The minimum atomic E-state index is -3.13. The SMILES string of the molecule is C=NC[C@@]1(C)Cc2ccc(-c3cc(NC(=O)c4ccnc(C(C)(F)F)c4)ccc3C)cc2N2CCOC[C@H]21. The Morgan fingerprint density at radius 1 is 1.26 bits per heavy atom. The predicted octanol–water partition coefficient (Wildman–Crippen LogP) is 5.89. The maximum Gasteiger partial charge on any atom is 0.286 e. The van der Waals surface area contributed by atoms with Crippen LogP contribution in [0.2, 0.25) is 0 Å². The Labute approximate surface area is 221 Å². The molecular formula is C30H32F2N4O2. The molecule has 2 atom stereocenters. The Bertz CT molecular complexity index is 1390. The standard InChI is InChI=1S/C30H32F2N4O2/c1-19-5-8-23(35-28(37)21-9-10-34-26(14-21)30(3,31)32)15-24(19)20-6-7-22-16-29(2,18-33-4)27-17-38-12-11-36(27)25(22)13-20/h5-10,13-15,27H,4,11-12,16-18H2,1-3H3,(H,35,37)/t27-,29+/m0/s1. The van der Waals surface area contributed by atoms with Crippen molar-refractivity contribution in [1.29, 1.82) is 0 Å². The van der Waals surface area contributed by atoms with Crippen LogP contribution >= 0.6 is 0 Å². The van der Waals surface area contributed by atoms with Crippen molar-refractivity contribution in [2.75, 3.05) is 36.5 Å². The average molecular weight is 519 g/mol. The molecule has 8 heteroatoms. The van der Waals surface area contributed by atoms with E-state index in [0.29, 0.717) is 25.4 Å². The molecule has 1 aromatic heterocycles. The minimum absolute atomic E-state index is 0.0502. The molecule has 3 heterocycles. The van der Waals surface area contributed by atoms with Crippen LogP contribution in [0, 0.1) is 12.3 Å². The summed E-state index contributed by atoms with van der Waals surface area (Å²) in [5.41, 5.74) is 5.81. The van der Waals surface area contributed by atoms with Crippen molar-refractivity contribution >= 4 is 24.0 Å². The highest BCUT2D eigenvalue weighted by atomic mass is 19.3. The number of nitrogens with zero attached hydrogens (tertiary/aromatic N) is 3. The number of hydrogen-bond acceptors (Lipinski definition) is 5. The topological polar surface area (TPSA) is 66.8 Å². The molecule has 3 aromatic rings. The number of aliphatic imine (C=N–C) groups is 1. The van der Waals surface area contributed by atoms with Gasteiger partial charge in [-0.2, -0.15) is 8.78 Å². The Hall–Kier alpha value is -3.65. The third-order valence-electron chi connectivity index (χ3n) is 7.67. The van der Waals surface area contributed by atoms with E-state index in [1.165, 1.54) is 23.5 Å². The summed E-state index contributed by atoms with van der Waals surface area (Å²) in [6, 6.07) is 15.0. The number of anilines is 2. The quantitative estimate of drug-likeness (QED) is 0.414. The molecular weight excluding hydrogens is 486 g/mol.